The van der Waals surface area contributed by atoms with Crippen LogP contribution in [0.1, 0.15) is 5.56 Å². The van der Waals surface area contributed by atoms with Crippen LogP contribution in [0.3, 0.4) is 0 Å². The Bertz CT molecular complexity index is 496. The SMILES string of the molecule is Cc1ccccc1Sc1nc(N)cc(Br)n1. The van der Waals surface area contributed by atoms with Gasteiger partial charge in [-0.3, -0.25) is 0 Å². The number of nitrogens with zero attached hydrogens (tertiary/aromatic N) is 2. The van der Waals surface area contributed by atoms with Crippen molar-refractivity contribution in [3.8, 4) is 0 Å². The van der Waals surface area contributed by atoms with Crippen LogP contribution in [0.4, 0.5) is 5.82 Å². The monoisotopic (exact) mass is 295 g/mol. The van der Waals surface area contributed by atoms with E-state index in [2.05, 4.69) is 38.9 Å². The molecule has 1 aromatic carbocycles. The summed E-state index contributed by atoms with van der Waals surface area (Å²) in [6.45, 7) is 2.06. The smallest absolute Gasteiger partial charge is 0.195 e. The highest BCUT2D eigenvalue weighted by molar-refractivity contribution is 9.10. The van der Waals surface area contributed by atoms with E-state index in [1.165, 1.54) is 17.3 Å². The summed E-state index contributed by atoms with van der Waals surface area (Å²) in [4.78, 5) is 9.57. The van der Waals surface area contributed by atoms with Crippen molar-refractivity contribution in [3.05, 3.63) is 40.5 Å². The predicted octanol–water partition coefficient (Wildman–Crippen LogP) is 3.28. The number of hydrogen-bond donors (Lipinski definition) is 1. The maximum atomic E-state index is 5.66. The van der Waals surface area contributed by atoms with Crippen molar-refractivity contribution in [2.24, 2.45) is 0 Å². The number of nitrogens with two attached hydrogens (primary N) is 1. The van der Waals surface area contributed by atoms with Gasteiger partial charge < -0.3 is 5.73 Å². The minimum atomic E-state index is 0.470. The molecular weight excluding hydrogens is 286 g/mol. The van der Waals surface area contributed by atoms with Crippen LogP contribution in [0.25, 0.3) is 0 Å². The summed E-state index contributed by atoms with van der Waals surface area (Å²) >= 11 is 4.81. The molecule has 2 N–H and O–H groups in total. The molecule has 82 valence electrons. The molecular formula is C11H10BrN3S. The van der Waals surface area contributed by atoms with Crippen LogP contribution >= 0.6 is 27.7 Å². The number of hydrogen-bond acceptors (Lipinski definition) is 4. The summed E-state index contributed by atoms with van der Waals surface area (Å²) in [5.41, 5.74) is 6.86. The van der Waals surface area contributed by atoms with Gasteiger partial charge in [0.15, 0.2) is 5.16 Å². The highest BCUT2D eigenvalue weighted by atomic mass is 79.9. The number of anilines is 1. The van der Waals surface area contributed by atoms with E-state index in [1.807, 2.05) is 18.2 Å². The summed E-state index contributed by atoms with van der Waals surface area (Å²) in [5, 5.41) is 0.654. The zero-order valence-electron chi connectivity index (χ0n) is 8.64. The summed E-state index contributed by atoms with van der Waals surface area (Å²) in [7, 11) is 0. The molecule has 16 heavy (non-hydrogen) atoms. The molecule has 5 heteroatoms. The zero-order chi connectivity index (χ0) is 11.5. The Morgan fingerprint density at radius 1 is 1.25 bits per heavy atom. The van der Waals surface area contributed by atoms with Gasteiger partial charge in [0, 0.05) is 11.0 Å². The molecule has 0 atom stereocenters. The highest BCUT2D eigenvalue weighted by Crippen LogP contribution is 2.28. The lowest BCUT2D eigenvalue weighted by Gasteiger charge is -2.04. The summed E-state index contributed by atoms with van der Waals surface area (Å²) in [6.07, 6.45) is 0. The summed E-state index contributed by atoms with van der Waals surface area (Å²) in [6, 6.07) is 9.79. The second-order valence-electron chi connectivity index (χ2n) is 3.27. The van der Waals surface area contributed by atoms with Crippen LogP contribution in [-0.2, 0) is 0 Å². The predicted molar refractivity (Wildman–Crippen MR) is 69.4 cm³/mol. The fraction of sp³-hybridized carbons (Fsp3) is 0.0909. The molecule has 3 nitrogen and oxygen atoms in total. The first-order chi connectivity index (χ1) is 7.65. The molecule has 1 aromatic heterocycles. The number of aromatic nitrogens is 2. The van der Waals surface area contributed by atoms with Crippen molar-refractivity contribution in [2.45, 2.75) is 17.0 Å². The van der Waals surface area contributed by atoms with E-state index < -0.39 is 0 Å². The van der Waals surface area contributed by atoms with E-state index in [1.54, 1.807) is 6.07 Å². The Labute approximate surface area is 107 Å². The molecule has 2 rings (SSSR count). The first kappa shape index (κ1) is 11.4. The molecule has 0 aliphatic carbocycles. The lowest BCUT2D eigenvalue weighted by atomic mass is 10.2. The minimum absolute atomic E-state index is 0.470. The van der Waals surface area contributed by atoms with E-state index in [0.717, 1.165) is 4.90 Å². The molecule has 0 fully saturated rings. The van der Waals surface area contributed by atoms with Crippen molar-refractivity contribution < 1.29 is 0 Å². The van der Waals surface area contributed by atoms with Crippen molar-refractivity contribution in [3.63, 3.8) is 0 Å². The molecule has 0 aliphatic rings. The van der Waals surface area contributed by atoms with Crippen molar-refractivity contribution in [2.75, 3.05) is 5.73 Å². The van der Waals surface area contributed by atoms with Gasteiger partial charge >= 0.3 is 0 Å². The molecule has 0 spiro atoms. The first-order valence-electron chi connectivity index (χ1n) is 4.69. The Morgan fingerprint density at radius 2 is 2.00 bits per heavy atom. The third-order valence-corrected chi connectivity index (χ3v) is 3.44. The van der Waals surface area contributed by atoms with E-state index >= 15 is 0 Å². The Morgan fingerprint density at radius 3 is 2.69 bits per heavy atom. The van der Waals surface area contributed by atoms with E-state index in [4.69, 9.17) is 5.73 Å². The third-order valence-electron chi connectivity index (χ3n) is 1.99. The Balaban J connectivity index is 2.30. The third kappa shape index (κ3) is 2.74. The van der Waals surface area contributed by atoms with E-state index in [9.17, 15) is 0 Å². The number of halogens is 1. The first-order valence-corrected chi connectivity index (χ1v) is 6.29. The zero-order valence-corrected chi connectivity index (χ0v) is 11.0. The molecule has 0 saturated heterocycles. The van der Waals surface area contributed by atoms with Gasteiger partial charge in [-0.2, -0.15) is 0 Å². The molecule has 0 saturated carbocycles. The van der Waals surface area contributed by atoms with Gasteiger partial charge in [-0.15, -0.1) is 0 Å². The molecule has 0 aliphatic heterocycles. The molecule has 2 aromatic rings. The molecule has 0 bridgehead atoms. The highest BCUT2D eigenvalue weighted by Gasteiger charge is 2.05. The Kier molecular flexibility index (Phi) is 3.46. The topological polar surface area (TPSA) is 51.8 Å². The van der Waals surface area contributed by atoms with Crippen LogP contribution in [0, 0.1) is 6.92 Å². The summed E-state index contributed by atoms with van der Waals surface area (Å²) in [5.74, 6) is 0.470. The quantitative estimate of drug-likeness (QED) is 0.682. The van der Waals surface area contributed by atoms with Crippen LogP contribution < -0.4 is 5.73 Å². The van der Waals surface area contributed by atoms with E-state index in [-0.39, 0.29) is 0 Å². The standard InChI is InChI=1S/C11H10BrN3S/c1-7-4-2-3-5-8(7)16-11-14-9(12)6-10(13)15-11/h2-6H,1H3,(H2,13,14,15). The lowest BCUT2D eigenvalue weighted by molar-refractivity contribution is 0.956. The minimum Gasteiger partial charge on any atom is -0.384 e. The van der Waals surface area contributed by atoms with Crippen molar-refractivity contribution in [1.29, 1.82) is 0 Å². The van der Waals surface area contributed by atoms with Crippen molar-refractivity contribution in [1.82, 2.24) is 9.97 Å². The van der Waals surface area contributed by atoms with Crippen LogP contribution in [0.2, 0.25) is 0 Å². The van der Waals surface area contributed by atoms with Crippen molar-refractivity contribution >= 4 is 33.5 Å². The number of aryl methyl sites for hydroxylation is 1. The van der Waals surface area contributed by atoms with Gasteiger partial charge in [0.05, 0.1) is 0 Å². The average Bonchev–Trinajstić information content (AvgIpc) is 2.20. The second-order valence-corrected chi connectivity index (χ2v) is 5.09. The largest absolute Gasteiger partial charge is 0.384 e. The number of rotatable bonds is 2. The second kappa shape index (κ2) is 4.84. The van der Waals surface area contributed by atoms with Gasteiger partial charge in [0.25, 0.3) is 0 Å². The average molecular weight is 296 g/mol. The van der Waals surface area contributed by atoms with Crippen LogP contribution in [0.5, 0.6) is 0 Å². The summed E-state index contributed by atoms with van der Waals surface area (Å²) < 4.78 is 0.705. The molecule has 0 unspecified atom stereocenters. The van der Waals surface area contributed by atoms with Gasteiger partial charge in [0.2, 0.25) is 0 Å². The van der Waals surface area contributed by atoms with Gasteiger partial charge in [-0.1, -0.05) is 18.2 Å². The normalized spacial score (nSPS) is 10.4. The maximum absolute atomic E-state index is 5.66. The van der Waals surface area contributed by atoms with Gasteiger partial charge in [0.1, 0.15) is 10.4 Å². The van der Waals surface area contributed by atoms with Crippen LogP contribution in [0.15, 0.2) is 45.0 Å². The molecule has 1 heterocycles. The number of nitrogen functional groups attached to an aromatic ring is 1. The van der Waals surface area contributed by atoms with Gasteiger partial charge in [-0.25, -0.2) is 9.97 Å². The lowest BCUT2D eigenvalue weighted by Crippen LogP contribution is -1.94. The fourth-order valence-electron chi connectivity index (χ4n) is 1.23. The number of benzene rings is 1. The fourth-order valence-corrected chi connectivity index (χ4v) is 2.62. The maximum Gasteiger partial charge on any atom is 0.195 e. The van der Waals surface area contributed by atoms with E-state index in [0.29, 0.717) is 15.6 Å². The Hall–Kier alpha value is -1.07. The molecule has 0 amide bonds. The van der Waals surface area contributed by atoms with Gasteiger partial charge in [-0.05, 0) is 46.2 Å². The molecule has 0 radical (unpaired) electrons. The van der Waals surface area contributed by atoms with Crippen LogP contribution in [-0.4, -0.2) is 9.97 Å².